The number of nitrogens with zero attached hydrogens (tertiary/aromatic N) is 1. The Bertz CT molecular complexity index is 951. The molecule has 1 aliphatic heterocycles. The van der Waals surface area contributed by atoms with E-state index in [0.29, 0.717) is 28.8 Å². The minimum absolute atomic E-state index is 0.171. The number of para-hydroxylation sites is 1. The number of fused-ring (bicyclic) bond motifs is 3. The van der Waals surface area contributed by atoms with Gasteiger partial charge in [0.25, 0.3) is 0 Å². The monoisotopic (exact) mass is 373 g/mol. The highest BCUT2D eigenvalue weighted by Crippen LogP contribution is 2.31. The lowest BCUT2D eigenvalue weighted by molar-refractivity contribution is 0.209. The van der Waals surface area contributed by atoms with Crippen LogP contribution in [0.2, 0.25) is 10.0 Å². The van der Waals surface area contributed by atoms with Gasteiger partial charge in [0, 0.05) is 23.1 Å². The quantitative estimate of drug-likeness (QED) is 0.584. The molecular formula is C19H17Cl2N3O. The molecule has 2 amide bonds. The number of H-pyrrole nitrogens is 1. The zero-order chi connectivity index (χ0) is 17.4. The number of anilines is 1. The molecule has 1 aliphatic rings. The number of carbonyl (C=O) groups excluding carboxylic acids is 1. The lowest BCUT2D eigenvalue weighted by Gasteiger charge is -2.21. The van der Waals surface area contributed by atoms with E-state index >= 15 is 0 Å². The van der Waals surface area contributed by atoms with E-state index in [1.807, 2.05) is 12.1 Å². The number of aromatic nitrogens is 1. The fraction of sp³-hybridized carbons (Fsp3) is 0.211. The molecule has 128 valence electrons. The van der Waals surface area contributed by atoms with Crippen LogP contribution in [-0.2, 0) is 13.0 Å². The molecule has 0 radical (unpaired) electrons. The summed E-state index contributed by atoms with van der Waals surface area (Å²) in [5, 5.41) is 4.90. The molecule has 0 spiro atoms. The maximum Gasteiger partial charge on any atom is 0.322 e. The van der Waals surface area contributed by atoms with Crippen molar-refractivity contribution in [3.05, 3.63) is 63.8 Å². The summed E-state index contributed by atoms with van der Waals surface area (Å²) in [6.45, 7) is 1.24. The van der Waals surface area contributed by atoms with E-state index in [-0.39, 0.29) is 6.03 Å². The van der Waals surface area contributed by atoms with E-state index in [1.165, 1.54) is 10.9 Å². The number of hydrogen-bond donors (Lipinski definition) is 2. The highest BCUT2D eigenvalue weighted by Gasteiger charge is 2.22. The van der Waals surface area contributed by atoms with Crippen molar-refractivity contribution in [2.24, 2.45) is 0 Å². The second-order valence-electron chi connectivity index (χ2n) is 6.18. The maximum absolute atomic E-state index is 12.7. The van der Waals surface area contributed by atoms with Crippen molar-refractivity contribution in [2.75, 3.05) is 11.9 Å². The van der Waals surface area contributed by atoms with Crippen molar-refractivity contribution in [2.45, 2.75) is 19.4 Å². The molecule has 6 heteroatoms. The van der Waals surface area contributed by atoms with Gasteiger partial charge in [0.05, 0.1) is 22.3 Å². The van der Waals surface area contributed by atoms with Crippen molar-refractivity contribution in [3.63, 3.8) is 0 Å². The van der Waals surface area contributed by atoms with Gasteiger partial charge in [-0.15, -0.1) is 0 Å². The standard InChI is InChI=1S/C19H17Cl2N3O/c20-14-7-3-9-16(18(14)21)23-19(25)24-10-4-6-13-12-5-1-2-8-15(12)22-17(13)11-24/h1-3,5,7-9,22H,4,6,10-11H2,(H,23,25). The van der Waals surface area contributed by atoms with Gasteiger partial charge in [-0.3, -0.25) is 0 Å². The Labute approximate surface area is 155 Å². The number of nitrogens with one attached hydrogen (secondary N) is 2. The van der Waals surface area contributed by atoms with Crippen LogP contribution in [0, 0.1) is 0 Å². The van der Waals surface area contributed by atoms with Gasteiger partial charge in [-0.2, -0.15) is 0 Å². The van der Waals surface area contributed by atoms with Crippen LogP contribution in [0.3, 0.4) is 0 Å². The van der Waals surface area contributed by atoms with Crippen LogP contribution in [-0.4, -0.2) is 22.5 Å². The zero-order valence-electron chi connectivity index (χ0n) is 13.5. The van der Waals surface area contributed by atoms with Crippen molar-refractivity contribution < 1.29 is 4.79 Å². The van der Waals surface area contributed by atoms with E-state index in [0.717, 1.165) is 24.1 Å². The molecule has 0 unspecified atom stereocenters. The number of aryl methyl sites for hydroxylation is 1. The molecule has 0 aliphatic carbocycles. The van der Waals surface area contributed by atoms with E-state index in [4.69, 9.17) is 23.2 Å². The number of urea groups is 1. The Morgan fingerprint density at radius 2 is 1.96 bits per heavy atom. The number of aromatic amines is 1. The number of benzene rings is 2. The van der Waals surface area contributed by atoms with Gasteiger partial charge >= 0.3 is 6.03 Å². The van der Waals surface area contributed by atoms with Gasteiger partial charge in [-0.1, -0.05) is 47.5 Å². The van der Waals surface area contributed by atoms with Crippen molar-refractivity contribution >= 4 is 45.8 Å². The van der Waals surface area contributed by atoms with Gasteiger partial charge in [0.1, 0.15) is 0 Å². The molecule has 0 saturated heterocycles. The van der Waals surface area contributed by atoms with Gasteiger partial charge in [-0.25, -0.2) is 4.79 Å². The van der Waals surface area contributed by atoms with E-state index in [2.05, 4.69) is 22.4 Å². The third-order valence-corrected chi connectivity index (χ3v) is 5.41. The van der Waals surface area contributed by atoms with Crippen molar-refractivity contribution in [3.8, 4) is 0 Å². The van der Waals surface area contributed by atoms with E-state index in [1.54, 1.807) is 23.1 Å². The molecule has 4 rings (SSSR count). The van der Waals surface area contributed by atoms with Crippen molar-refractivity contribution in [1.82, 2.24) is 9.88 Å². The number of halogens is 2. The predicted molar refractivity (Wildman–Crippen MR) is 103 cm³/mol. The van der Waals surface area contributed by atoms with Crippen LogP contribution in [0.1, 0.15) is 17.7 Å². The van der Waals surface area contributed by atoms with Crippen molar-refractivity contribution in [1.29, 1.82) is 0 Å². The maximum atomic E-state index is 12.7. The summed E-state index contributed by atoms with van der Waals surface area (Å²) in [4.78, 5) is 18.0. The van der Waals surface area contributed by atoms with Crippen LogP contribution < -0.4 is 5.32 Å². The Balaban J connectivity index is 1.58. The number of amides is 2. The Kier molecular flexibility index (Phi) is 4.32. The zero-order valence-corrected chi connectivity index (χ0v) is 15.0. The Morgan fingerprint density at radius 1 is 1.12 bits per heavy atom. The van der Waals surface area contributed by atoms with Gasteiger partial charge in [0.2, 0.25) is 0 Å². The van der Waals surface area contributed by atoms with Crippen LogP contribution in [0.5, 0.6) is 0 Å². The summed E-state index contributed by atoms with van der Waals surface area (Å²) in [7, 11) is 0. The summed E-state index contributed by atoms with van der Waals surface area (Å²) in [6, 6.07) is 13.3. The molecule has 2 N–H and O–H groups in total. The van der Waals surface area contributed by atoms with E-state index < -0.39 is 0 Å². The average molecular weight is 374 g/mol. The van der Waals surface area contributed by atoms with Crippen LogP contribution in [0.15, 0.2) is 42.5 Å². The largest absolute Gasteiger partial charge is 0.357 e. The summed E-state index contributed by atoms with van der Waals surface area (Å²) in [6.07, 6.45) is 1.88. The van der Waals surface area contributed by atoms with Gasteiger partial charge in [0.15, 0.2) is 0 Å². The SMILES string of the molecule is O=C(Nc1cccc(Cl)c1Cl)N1CCCc2c([nH]c3ccccc23)C1. The Hall–Kier alpha value is -2.17. The summed E-state index contributed by atoms with van der Waals surface area (Å²) < 4.78 is 0. The second-order valence-corrected chi connectivity index (χ2v) is 6.97. The first-order valence-electron chi connectivity index (χ1n) is 8.22. The fourth-order valence-electron chi connectivity index (χ4n) is 3.36. The molecule has 2 aromatic carbocycles. The summed E-state index contributed by atoms with van der Waals surface area (Å²) in [5.41, 5.74) is 4.06. The van der Waals surface area contributed by atoms with Crippen LogP contribution >= 0.6 is 23.2 Å². The molecule has 0 atom stereocenters. The molecule has 1 aromatic heterocycles. The van der Waals surface area contributed by atoms with Gasteiger partial charge in [-0.05, 0) is 36.6 Å². The molecule has 0 bridgehead atoms. The molecule has 3 aromatic rings. The molecular weight excluding hydrogens is 357 g/mol. The first kappa shape index (κ1) is 16.3. The number of carbonyl (C=O) groups is 1. The average Bonchev–Trinajstić information content (AvgIpc) is 2.81. The number of hydrogen-bond acceptors (Lipinski definition) is 1. The third-order valence-electron chi connectivity index (χ3n) is 4.59. The first-order valence-corrected chi connectivity index (χ1v) is 8.97. The fourth-order valence-corrected chi connectivity index (χ4v) is 3.71. The normalized spacial score (nSPS) is 14.2. The van der Waals surface area contributed by atoms with E-state index in [9.17, 15) is 4.79 Å². The highest BCUT2D eigenvalue weighted by molar-refractivity contribution is 6.43. The first-order chi connectivity index (χ1) is 12.1. The van der Waals surface area contributed by atoms with Gasteiger partial charge < -0.3 is 15.2 Å². The molecule has 0 fully saturated rings. The lowest BCUT2D eigenvalue weighted by atomic mass is 10.1. The lowest BCUT2D eigenvalue weighted by Crippen LogP contribution is -2.34. The minimum Gasteiger partial charge on any atom is -0.357 e. The molecule has 2 heterocycles. The molecule has 0 saturated carbocycles. The highest BCUT2D eigenvalue weighted by atomic mass is 35.5. The third kappa shape index (κ3) is 3.08. The van der Waals surface area contributed by atoms with Crippen LogP contribution in [0.25, 0.3) is 10.9 Å². The second kappa shape index (κ2) is 6.62. The predicted octanol–water partition coefficient (Wildman–Crippen LogP) is 5.46. The molecule has 25 heavy (non-hydrogen) atoms. The summed E-state index contributed by atoms with van der Waals surface area (Å²) >= 11 is 12.2. The summed E-state index contributed by atoms with van der Waals surface area (Å²) in [5.74, 6) is 0. The topological polar surface area (TPSA) is 48.1 Å². The molecule has 4 nitrogen and oxygen atoms in total. The minimum atomic E-state index is -0.171. The van der Waals surface area contributed by atoms with Crippen LogP contribution in [0.4, 0.5) is 10.5 Å². The number of rotatable bonds is 1. The smallest absolute Gasteiger partial charge is 0.322 e. The Morgan fingerprint density at radius 3 is 2.84 bits per heavy atom.